The summed E-state index contributed by atoms with van der Waals surface area (Å²) in [6.07, 6.45) is 0. The Morgan fingerprint density at radius 3 is 2.54 bits per heavy atom. The van der Waals surface area contributed by atoms with Crippen LogP contribution in [0.2, 0.25) is 0 Å². The number of piperazine rings is 1. The molecule has 1 aromatic carbocycles. The predicted octanol–water partition coefficient (Wildman–Crippen LogP) is 2.90. The van der Waals surface area contributed by atoms with E-state index >= 15 is 0 Å². The molecule has 24 heavy (non-hydrogen) atoms. The molecule has 0 unspecified atom stereocenters. The number of ether oxygens (including phenoxy) is 1. The van der Waals surface area contributed by atoms with Crippen LogP contribution >= 0.6 is 11.3 Å². The van der Waals surface area contributed by atoms with Crippen molar-refractivity contribution in [3.05, 3.63) is 45.4 Å². The lowest BCUT2D eigenvalue weighted by atomic mass is 10.0. The number of rotatable bonds is 3. The van der Waals surface area contributed by atoms with E-state index in [1.807, 2.05) is 30.9 Å². The van der Waals surface area contributed by atoms with Gasteiger partial charge in [0.15, 0.2) is 0 Å². The highest BCUT2D eigenvalue weighted by molar-refractivity contribution is 7.13. The lowest BCUT2D eigenvalue weighted by molar-refractivity contribution is 0.0550. The Morgan fingerprint density at radius 1 is 1.25 bits per heavy atom. The third kappa shape index (κ3) is 3.30. The number of carbonyl (C=O) groups is 1. The summed E-state index contributed by atoms with van der Waals surface area (Å²) in [6, 6.07) is 8.30. The summed E-state index contributed by atoms with van der Waals surface area (Å²) in [5.74, 6) is 0.950. The molecule has 0 spiro atoms. The molecule has 1 saturated heterocycles. The summed E-state index contributed by atoms with van der Waals surface area (Å²) in [4.78, 5) is 22.3. The van der Waals surface area contributed by atoms with E-state index < -0.39 is 0 Å². The van der Waals surface area contributed by atoms with Crippen LogP contribution in [-0.4, -0.2) is 54.5 Å². The van der Waals surface area contributed by atoms with Gasteiger partial charge < -0.3 is 9.64 Å². The normalized spacial score (nSPS) is 18.7. The van der Waals surface area contributed by atoms with E-state index in [2.05, 4.69) is 29.1 Å². The van der Waals surface area contributed by atoms with Gasteiger partial charge in [-0.1, -0.05) is 12.1 Å². The third-order valence-corrected chi connectivity index (χ3v) is 5.59. The Morgan fingerprint density at radius 2 is 1.96 bits per heavy atom. The summed E-state index contributed by atoms with van der Waals surface area (Å²) in [5, 5.41) is 0.941. The average molecular weight is 345 g/mol. The van der Waals surface area contributed by atoms with Gasteiger partial charge in [-0.25, -0.2) is 4.98 Å². The molecule has 0 aliphatic carbocycles. The van der Waals surface area contributed by atoms with Gasteiger partial charge in [-0.2, -0.15) is 0 Å². The van der Waals surface area contributed by atoms with Gasteiger partial charge in [0.1, 0.15) is 10.6 Å². The fraction of sp³-hybridized carbons (Fsp3) is 0.444. The van der Waals surface area contributed by atoms with Gasteiger partial charge >= 0.3 is 0 Å². The molecule has 128 valence electrons. The van der Waals surface area contributed by atoms with Gasteiger partial charge in [0.05, 0.1) is 23.9 Å². The lowest BCUT2D eigenvalue weighted by Crippen LogP contribution is -2.48. The van der Waals surface area contributed by atoms with E-state index in [-0.39, 0.29) is 11.9 Å². The smallest absolute Gasteiger partial charge is 0.265 e. The number of likely N-dealkylation sites (N-methyl/N-ethyl adjacent to an activating group) is 1. The first kappa shape index (κ1) is 16.9. The first-order valence-electron chi connectivity index (χ1n) is 8.07. The summed E-state index contributed by atoms with van der Waals surface area (Å²) >= 11 is 1.49. The fourth-order valence-electron chi connectivity index (χ4n) is 3.12. The Hall–Kier alpha value is -1.92. The van der Waals surface area contributed by atoms with Crippen LogP contribution in [0, 0.1) is 13.8 Å². The quantitative estimate of drug-likeness (QED) is 0.858. The van der Waals surface area contributed by atoms with Crippen LogP contribution in [0.25, 0.3) is 0 Å². The van der Waals surface area contributed by atoms with Gasteiger partial charge in [-0.05, 0) is 38.6 Å². The molecule has 0 bridgehead atoms. The van der Waals surface area contributed by atoms with Crippen LogP contribution in [0.15, 0.2) is 24.3 Å². The van der Waals surface area contributed by atoms with Crippen molar-refractivity contribution in [1.82, 2.24) is 14.8 Å². The van der Waals surface area contributed by atoms with Crippen LogP contribution in [0.1, 0.15) is 32.0 Å². The number of nitrogens with zero attached hydrogens (tertiary/aromatic N) is 3. The van der Waals surface area contributed by atoms with Crippen molar-refractivity contribution in [2.24, 2.45) is 0 Å². The molecule has 1 aliphatic rings. The molecular formula is C18H23N3O2S. The van der Waals surface area contributed by atoms with Crippen molar-refractivity contribution in [3.8, 4) is 5.75 Å². The van der Waals surface area contributed by atoms with Gasteiger partial charge in [-0.3, -0.25) is 9.69 Å². The van der Waals surface area contributed by atoms with Gasteiger partial charge in [0, 0.05) is 19.6 Å². The van der Waals surface area contributed by atoms with Gasteiger partial charge in [0.2, 0.25) is 0 Å². The van der Waals surface area contributed by atoms with Gasteiger partial charge in [0.25, 0.3) is 5.91 Å². The fourth-order valence-corrected chi connectivity index (χ4v) is 4.01. The average Bonchev–Trinajstić information content (AvgIpc) is 2.93. The van der Waals surface area contributed by atoms with Crippen LogP contribution in [-0.2, 0) is 0 Å². The number of benzene rings is 1. The lowest BCUT2D eigenvalue weighted by Gasteiger charge is -2.39. The second-order valence-electron chi connectivity index (χ2n) is 6.17. The number of hydrogen-bond acceptors (Lipinski definition) is 5. The van der Waals surface area contributed by atoms with E-state index in [1.54, 1.807) is 7.11 Å². The summed E-state index contributed by atoms with van der Waals surface area (Å²) < 4.78 is 5.23. The number of carbonyl (C=O) groups excluding carboxylic acids is 1. The Kier molecular flexibility index (Phi) is 4.87. The Balaban J connectivity index is 1.79. The summed E-state index contributed by atoms with van der Waals surface area (Å²) in [6.45, 7) is 6.15. The monoisotopic (exact) mass is 345 g/mol. The minimum atomic E-state index is 0.102. The van der Waals surface area contributed by atoms with Crippen LogP contribution in [0.3, 0.4) is 0 Å². The zero-order valence-corrected chi connectivity index (χ0v) is 15.4. The molecule has 1 amide bonds. The van der Waals surface area contributed by atoms with Gasteiger partial charge in [-0.15, -0.1) is 11.3 Å². The zero-order chi connectivity index (χ0) is 17.3. The number of thiazole rings is 1. The first-order chi connectivity index (χ1) is 11.5. The molecule has 0 radical (unpaired) electrons. The van der Waals surface area contributed by atoms with Crippen molar-refractivity contribution in [1.29, 1.82) is 0 Å². The van der Waals surface area contributed by atoms with Crippen molar-refractivity contribution >= 4 is 17.2 Å². The third-order valence-electron chi connectivity index (χ3n) is 4.53. The number of hydrogen-bond donors (Lipinski definition) is 0. The topological polar surface area (TPSA) is 45.7 Å². The number of aromatic nitrogens is 1. The first-order valence-corrected chi connectivity index (χ1v) is 8.88. The Labute approximate surface area is 146 Å². The maximum Gasteiger partial charge on any atom is 0.265 e. The molecule has 3 rings (SSSR count). The second-order valence-corrected chi connectivity index (χ2v) is 7.37. The highest BCUT2D eigenvalue weighted by Gasteiger charge is 2.30. The predicted molar refractivity (Wildman–Crippen MR) is 95.9 cm³/mol. The van der Waals surface area contributed by atoms with Crippen molar-refractivity contribution in [2.75, 3.05) is 33.8 Å². The molecule has 0 N–H and O–H groups in total. The molecule has 2 aromatic rings. The van der Waals surface area contributed by atoms with Crippen molar-refractivity contribution in [2.45, 2.75) is 19.9 Å². The standard InChI is InChI=1S/C18H23N3O2S/c1-12-17(24-13(2)19-12)18(22)21-10-9-20(3)16(11-21)14-5-7-15(23-4)8-6-14/h5-8,16H,9-11H2,1-4H3/t16-/m1/s1. The van der Waals surface area contributed by atoms with E-state index in [0.717, 1.165) is 34.4 Å². The maximum atomic E-state index is 12.9. The number of amides is 1. The van der Waals surface area contributed by atoms with Crippen molar-refractivity contribution < 1.29 is 9.53 Å². The molecule has 2 heterocycles. The molecule has 1 atom stereocenters. The van der Waals surface area contributed by atoms with Crippen LogP contribution in [0.4, 0.5) is 0 Å². The number of aryl methyl sites for hydroxylation is 2. The SMILES string of the molecule is COc1ccc([C@H]2CN(C(=O)c3sc(C)nc3C)CCN2C)cc1. The number of methoxy groups -OCH3 is 1. The van der Waals surface area contributed by atoms with E-state index in [4.69, 9.17) is 4.74 Å². The highest BCUT2D eigenvalue weighted by Crippen LogP contribution is 2.28. The molecule has 6 heteroatoms. The molecule has 1 aliphatic heterocycles. The molecule has 5 nitrogen and oxygen atoms in total. The van der Waals surface area contributed by atoms with Crippen LogP contribution in [0.5, 0.6) is 5.75 Å². The summed E-state index contributed by atoms with van der Waals surface area (Å²) in [5.41, 5.74) is 2.04. The molecular weight excluding hydrogens is 322 g/mol. The van der Waals surface area contributed by atoms with Crippen LogP contribution < -0.4 is 4.74 Å². The van der Waals surface area contributed by atoms with Crippen molar-refractivity contribution in [3.63, 3.8) is 0 Å². The molecule has 0 saturated carbocycles. The van der Waals surface area contributed by atoms with E-state index in [9.17, 15) is 4.79 Å². The molecule has 1 aromatic heterocycles. The second kappa shape index (κ2) is 6.91. The minimum Gasteiger partial charge on any atom is -0.497 e. The highest BCUT2D eigenvalue weighted by atomic mass is 32.1. The Bertz CT molecular complexity index is 726. The maximum absolute atomic E-state index is 12.9. The largest absolute Gasteiger partial charge is 0.497 e. The van der Waals surface area contributed by atoms with E-state index in [0.29, 0.717) is 6.54 Å². The minimum absolute atomic E-state index is 0.102. The zero-order valence-electron chi connectivity index (χ0n) is 14.6. The van der Waals surface area contributed by atoms with E-state index in [1.165, 1.54) is 16.9 Å². The summed E-state index contributed by atoms with van der Waals surface area (Å²) in [7, 11) is 3.78. The molecule has 1 fully saturated rings.